The van der Waals surface area contributed by atoms with Gasteiger partial charge in [-0.3, -0.25) is 0 Å². The molecule has 1 atom stereocenters. The van der Waals surface area contributed by atoms with E-state index < -0.39 is 0 Å². The lowest BCUT2D eigenvalue weighted by atomic mass is 9.94. The molecule has 0 aromatic carbocycles. The number of allylic oxidation sites excluding steroid dienone is 2. The Morgan fingerprint density at radius 2 is 2.12 bits per heavy atom. The Morgan fingerprint density at radius 3 is 2.81 bits per heavy atom. The zero-order valence-electron chi connectivity index (χ0n) is 15.2. The van der Waals surface area contributed by atoms with Crippen molar-refractivity contribution in [3.63, 3.8) is 0 Å². The Balaban J connectivity index is 1.68. The van der Waals surface area contributed by atoms with Crippen molar-refractivity contribution in [3.05, 3.63) is 23.2 Å². The predicted molar refractivity (Wildman–Crippen MR) is 106 cm³/mol. The van der Waals surface area contributed by atoms with Crippen molar-refractivity contribution in [2.45, 2.75) is 25.9 Å². The van der Waals surface area contributed by atoms with Crippen LogP contribution in [-0.4, -0.2) is 53.3 Å². The monoisotopic (exact) mass is 372 g/mol. The third-order valence-corrected chi connectivity index (χ3v) is 5.74. The number of nitrogen functional groups attached to an aromatic ring is 1. The zero-order chi connectivity index (χ0) is 18.1. The highest BCUT2D eigenvalue weighted by atomic mass is 32.1. The maximum atomic E-state index is 5.96. The van der Waals surface area contributed by atoms with Crippen molar-refractivity contribution in [3.8, 4) is 0 Å². The van der Waals surface area contributed by atoms with Crippen LogP contribution in [0.3, 0.4) is 0 Å². The number of piperazine rings is 1. The summed E-state index contributed by atoms with van der Waals surface area (Å²) in [5, 5.41) is 4.31. The normalized spacial score (nSPS) is 23.5. The minimum Gasteiger partial charge on any atom is -0.371 e. The molecule has 1 unspecified atom stereocenters. The van der Waals surface area contributed by atoms with E-state index in [0.717, 1.165) is 59.3 Å². The van der Waals surface area contributed by atoms with Gasteiger partial charge in [-0.15, -0.1) is 0 Å². The molecule has 1 saturated heterocycles. The molecule has 4 rings (SSSR count). The van der Waals surface area contributed by atoms with Crippen LogP contribution in [0.2, 0.25) is 0 Å². The molecule has 0 spiro atoms. The Labute approximate surface area is 157 Å². The Bertz CT molecular complexity index is 870. The highest BCUT2D eigenvalue weighted by Crippen LogP contribution is 2.35. The summed E-state index contributed by atoms with van der Waals surface area (Å²) in [6.45, 7) is 8.49. The first-order valence-electron chi connectivity index (χ1n) is 9.01. The van der Waals surface area contributed by atoms with Crippen LogP contribution in [0.25, 0.3) is 15.9 Å². The molecule has 1 aliphatic heterocycles. The smallest absolute Gasteiger partial charge is 0.223 e. The van der Waals surface area contributed by atoms with Gasteiger partial charge >= 0.3 is 0 Å². The first-order chi connectivity index (χ1) is 12.6. The number of hydrogen-bond donors (Lipinski definition) is 2. The zero-order valence-corrected chi connectivity index (χ0v) is 16.0. The van der Waals surface area contributed by atoms with E-state index in [1.54, 1.807) is 11.3 Å². The highest BCUT2D eigenvalue weighted by molar-refractivity contribution is 7.19. The first-order valence-corrected chi connectivity index (χ1v) is 9.83. The number of hydrogen-bond acceptors (Lipinski definition) is 8. The summed E-state index contributed by atoms with van der Waals surface area (Å²) in [4.78, 5) is 16.8. The summed E-state index contributed by atoms with van der Waals surface area (Å²) in [6, 6.07) is 0. The van der Waals surface area contributed by atoms with Crippen molar-refractivity contribution in [2.24, 2.45) is 0 Å². The van der Waals surface area contributed by atoms with E-state index in [9.17, 15) is 0 Å². The van der Waals surface area contributed by atoms with Crippen LogP contribution in [0.1, 0.15) is 25.3 Å². The van der Waals surface area contributed by atoms with Gasteiger partial charge in [-0.05, 0) is 20.3 Å². The van der Waals surface area contributed by atoms with Gasteiger partial charge in [-0.25, -0.2) is 9.97 Å². The fourth-order valence-corrected chi connectivity index (χ4v) is 4.32. The number of nitrogens with two attached hydrogens (primary N) is 1. The van der Waals surface area contributed by atoms with Crippen LogP contribution in [0.4, 0.5) is 11.8 Å². The summed E-state index contributed by atoms with van der Waals surface area (Å²) in [5.41, 5.74) is 7.67. The van der Waals surface area contributed by atoms with Gasteiger partial charge in [0.1, 0.15) is 10.5 Å². The minimum atomic E-state index is -0.231. The van der Waals surface area contributed by atoms with E-state index in [2.05, 4.69) is 45.3 Å². The molecule has 3 N–H and O–H groups in total. The van der Waals surface area contributed by atoms with Crippen LogP contribution in [0.15, 0.2) is 18.2 Å². The SMILES string of the molecule is CCOC1(C)C=CC(c2nc3c(N4CCNCC4)nc(N)nc3s2)=CC1. The van der Waals surface area contributed by atoms with Crippen molar-refractivity contribution >= 4 is 39.0 Å². The van der Waals surface area contributed by atoms with Gasteiger partial charge < -0.3 is 20.7 Å². The molecule has 7 nitrogen and oxygen atoms in total. The number of anilines is 2. The molecule has 2 aromatic heterocycles. The lowest BCUT2D eigenvalue weighted by Crippen LogP contribution is -2.44. The number of thiazole rings is 1. The van der Waals surface area contributed by atoms with Crippen LogP contribution in [0.5, 0.6) is 0 Å². The van der Waals surface area contributed by atoms with E-state index in [1.165, 1.54) is 0 Å². The summed E-state index contributed by atoms with van der Waals surface area (Å²) in [7, 11) is 0. The molecule has 0 amide bonds. The molecule has 0 bridgehead atoms. The van der Waals surface area contributed by atoms with E-state index in [1.807, 2.05) is 6.92 Å². The molecule has 1 fully saturated rings. The number of ether oxygens (including phenoxy) is 1. The standard InChI is InChI=1S/C18H24N6OS/c1-3-25-18(2)6-4-12(5-7-18)15-21-13-14(24-10-8-20-9-11-24)22-17(19)23-16(13)26-15/h4-6,20H,3,7-11H2,1-2H3,(H2,19,22,23). The molecule has 3 heterocycles. The van der Waals surface area contributed by atoms with Crippen LogP contribution >= 0.6 is 11.3 Å². The number of rotatable bonds is 4. The molecule has 2 aromatic rings. The van der Waals surface area contributed by atoms with Gasteiger partial charge in [0, 0.05) is 38.4 Å². The summed E-state index contributed by atoms with van der Waals surface area (Å²) in [6.07, 6.45) is 7.24. The van der Waals surface area contributed by atoms with Gasteiger partial charge in [0.25, 0.3) is 0 Å². The Kier molecular flexibility index (Phi) is 4.64. The van der Waals surface area contributed by atoms with Crippen molar-refractivity contribution in [1.82, 2.24) is 20.3 Å². The van der Waals surface area contributed by atoms with Gasteiger partial charge in [0.15, 0.2) is 10.6 Å². The van der Waals surface area contributed by atoms with Gasteiger partial charge in [-0.2, -0.15) is 4.98 Å². The van der Waals surface area contributed by atoms with Crippen LogP contribution < -0.4 is 16.0 Å². The average Bonchev–Trinajstić information content (AvgIpc) is 3.06. The summed E-state index contributed by atoms with van der Waals surface area (Å²) in [5.74, 6) is 1.15. The quantitative estimate of drug-likeness (QED) is 0.850. The minimum absolute atomic E-state index is 0.231. The molecule has 138 valence electrons. The molecule has 0 radical (unpaired) electrons. The van der Waals surface area contributed by atoms with E-state index in [4.69, 9.17) is 15.5 Å². The Morgan fingerprint density at radius 1 is 1.31 bits per heavy atom. The third-order valence-electron chi connectivity index (χ3n) is 4.74. The first kappa shape index (κ1) is 17.4. The fraction of sp³-hybridized carbons (Fsp3) is 0.500. The topological polar surface area (TPSA) is 89.2 Å². The molecule has 1 aliphatic carbocycles. The molecule has 2 aliphatic rings. The molecule has 8 heteroatoms. The lowest BCUT2D eigenvalue weighted by molar-refractivity contribution is 0.0155. The third kappa shape index (κ3) is 3.32. The number of fused-ring (bicyclic) bond motifs is 1. The second-order valence-electron chi connectivity index (χ2n) is 6.76. The van der Waals surface area contributed by atoms with Crippen molar-refractivity contribution in [1.29, 1.82) is 0 Å². The maximum Gasteiger partial charge on any atom is 0.223 e. The van der Waals surface area contributed by atoms with Gasteiger partial charge in [-0.1, -0.05) is 29.6 Å². The number of nitrogens with one attached hydrogen (secondary N) is 1. The predicted octanol–water partition coefficient (Wildman–Crippen LogP) is 2.22. The van der Waals surface area contributed by atoms with Gasteiger partial charge in [0.2, 0.25) is 5.95 Å². The van der Waals surface area contributed by atoms with E-state index >= 15 is 0 Å². The Hall–Kier alpha value is -2.03. The summed E-state index contributed by atoms with van der Waals surface area (Å²) < 4.78 is 5.83. The molecular weight excluding hydrogens is 348 g/mol. The lowest BCUT2D eigenvalue weighted by Gasteiger charge is -2.28. The molecular formula is C18H24N6OS. The second kappa shape index (κ2) is 6.94. The second-order valence-corrected chi connectivity index (χ2v) is 7.74. The van der Waals surface area contributed by atoms with Gasteiger partial charge in [0.05, 0.1) is 5.60 Å². The fourth-order valence-electron chi connectivity index (χ4n) is 3.35. The largest absolute Gasteiger partial charge is 0.371 e. The van der Waals surface area contributed by atoms with Crippen molar-refractivity contribution < 1.29 is 4.74 Å². The van der Waals surface area contributed by atoms with Crippen molar-refractivity contribution in [2.75, 3.05) is 43.4 Å². The summed E-state index contributed by atoms with van der Waals surface area (Å²) >= 11 is 1.56. The highest BCUT2D eigenvalue weighted by Gasteiger charge is 2.25. The number of aromatic nitrogens is 3. The maximum absolute atomic E-state index is 5.96. The average molecular weight is 372 g/mol. The van der Waals surface area contributed by atoms with E-state index in [-0.39, 0.29) is 5.60 Å². The molecule has 26 heavy (non-hydrogen) atoms. The van der Waals surface area contributed by atoms with Crippen LogP contribution in [0, 0.1) is 0 Å². The van der Waals surface area contributed by atoms with Crippen LogP contribution in [-0.2, 0) is 4.74 Å². The molecule has 0 saturated carbocycles. The van der Waals surface area contributed by atoms with E-state index in [0.29, 0.717) is 12.6 Å². The number of nitrogens with zero attached hydrogens (tertiary/aromatic N) is 4.